The van der Waals surface area contributed by atoms with E-state index in [4.69, 9.17) is 16.0 Å². The number of rotatable bonds is 5. The molecule has 0 aliphatic rings. The minimum atomic E-state index is -0.509. The summed E-state index contributed by atoms with van der Waals surface area (Å²) in [6.45, 7) is 0.554. The van der Waals surface area contributed by atoms with Crippen LogP contribution in [0.1, 0.15) is 5.76 Å². The number of nitrogens with zero attached hydrogens (tertiary/aromatic N) is 2. The zero-order chi connectivity index (χ0) is 13.0. The van der Waals surface area contributed by atoms with Gasteiger partial charge in [0.05, 0.1) is 23.3 Å². The highest BCUT2D eigenvalue weighted by atomic mass is 35.5. The molecule has 0 radical (unpaired) electrons. The summed E-state index contributed by atoms with van der Waals surface area (Å²) < 4.78 is 5.16. The van der Waals surface area contributed by atoms with Crippen LogP contribution in [0.2, 0.25) is 5.15 Å². The molecule has 0 aliphatic heterocycles. The summed E-state index contributed by atoms with van der Waals surface area (Å²) in [5.41, 5.74) is -0.0875. The fourth-order valence-corrected chi connectivity index (χ4v) is 1.65. The Hall–Kier alpha value is -2.08. The third-order valence-electron chi connectivity index (χ3n) is 2.25. The molecule has 0 amide bonds. The second-order valence-electron chi connectivity index (χ2n) is 3.55. The molecule has 0 spiro atoms. The Kier molecular flexibility index (Phi) is 3.78. The number of anilines is 1. The number of nitrogens with one attached hydrogen (secondary N) is 1. The third-order valence-corrected chi connectivity index (χ3v) is 2.44. The van der Waals surface area contributed by atoms with Crippen LogP contribution in [0, 0.1) is 10.1 Å². The molecule has 0 saturated carbocycles. The van der Waals surface area contributed by atoms with Crippen molar-refractivity contribution in [2.45, 2.75) is 6.42 Å². The molecule has 0 aliphatic carbocycles. The van der Waals surface area contributed by atoms with Crippen LogP contribution in [0.25, 0.3) is 0 Å². The Balaban J connectivity index is 1.98. The molecule has 7 heteroatoms. The van der Waals surface area contributed by atoms with Crippen molar-refractivity contribution in [2.24, 2.45) is 0 Å². The van der Waals surface area contributed by atoms with Gasteiger partial charge >= 0.3 is 0 Å². The molecule has 1 N–H and O–H groups in total. The SMILES string of the molecule is O=[N+]([O-])c1cc(Cl)nc(NCCc2ccco2)c1. The van der Waals surface area contributed by atoms with Gasteiger partial charge in [0.2, 0.25) is 0 Å². The van der Waals surface area contributed by atoms with Crippen molar-refractivity contribution in [3.63, 3.8) is 0 Å². The molecule has 94 valence electrons. The Morgan fingerprint density at radius 2 is 2.33 bits per heavy atom. The van der Waals surface area contributed by atoms with E-state index in [1.807, 2.05) is 6.07 Å². The summed E-state index contributed by atoms with van der Waals surface area (Å²) in [6, 6.07) is 6.21. The van der Waals surface area contributed by atoms with Crippen molar-refractivity contribution in [1.29, 1.82) is 0 Å². The van der Waals surface area contributed by atoms with Crippen molar-refractivity contribution < 1.29 is 9.34 Å². The number of pyridine rings is 1. The third kappa shape index (κ3) is 3.21. The van der Waals surface area contributed by atoms with E-state index in [1.165, 1.54) is 12.1 Å². The predicted octanol–water partition coefficient (Wildman–Crippen LogP) is 2.89. The molecular formula is C11H10ClN3O3. The number of furan rings is 1. The van der Waals surface area contributed by atoms with Crippen molar-refractivity contribution in [3.05, 3.63) is 51.6 Å². The van der Waals surface area contributed by atoms with Crippen LogP contribution >= 0.6 is 11.6 Å². The zero-order valence-electron chi connectivity index (χ0n) is 9.30. The first-order valence-corrected chi connectivity index (χ1v) is 5.61. The molecule has 0 atom stereocenters. The summed E-state index contributed by atoms with van der Waals surface area (Å²) in [7, 11) is 0. The van der Waals surface area contributed by atoms with Crippen LogP contribution < -0.4 is 5.32 Å². The molecular weight excluding hydrogens is 258 g/mol. The Morgan fingerprint density at radius 1 is 1.50 bits per heavy atom. The lowest BCUT2D eigenvalue weighted by atomic mass is 10.3. The Morgan fingerprint density at radius 3 is 3.00 bits per heavy atom. The van der Waals surface area contributed by atoms with E-state index >= 15 is 0 Å². The van der Waals surface area contributed by atoms with Crippen molar-refractivity contribution in [2.75, 3.05) is 11.9 Å². The van der Waals surface area contributed by atoms with E-state index in [1.54, 1.807) is 12.3 Å². The van der Waals surface area contributed by atoms with E-state index in [-0.39, 0.29) is 10.8 Å². The summed E-state index contributed by atoms with van der Waals surface area (Å²) in [6.07, 6.45) is 2.26. The second-order valence-corrected chi connectivity index (χ2v) is 3.93. The van der Waals surface area contributed by atoms with Crippen LogP contribution in [0.15, 0.2) is 34.9 Å². The van der Waals surface area contributed by atoms with Gasteiger partial charge in [0.15, 0.2) is 0 Å². The van der Waals surface area contributed by atoms with E-state index in [0.717, 1.165) is 5.76 Å². The molecule has 6 nitrogen and oxygen atoms in total. The average Bonchev–Trinajstić information content (AvgIpc) is 2.81. The Bertz CT molecular complexity index is 542. The number of hydrogen-bond donors (Lipinski definition) is 1. The maximum absolute atomic E-state index is 10.6. The fraction of sp³-hybridized carbons (Fsp3) is 0.182. The van der Waals surface area contributed by atoms with Gasteiger partial charge in [-0.25, -0.2) is 4.98 Å². The van der Waals surface area contributed by atoms with Crippen LogP contribution in [0.4, 0.5) is 11.5 Å². The number of halogens is 1. The van der Waals surface area contributed by atoms with E-state index in [2.05, 4.69) is 10.3 Å². The van der Waals surface area contributed by atoms with Gasteiger partial charge in [0.1, 0.15) is 16.7 Å². The van der Waals surface area contributed by atoms with Crippen molar-refractivity contribution >= 4 is 23.1 Å². The topological polar surface area (TPSA) is 81.2 Å². The van der Waals surface area contributed by atoms with Crippen LogP contribution in [0.3, 0.4) is 0 Å². The number of nitro groups is 1. The molecule has 0 fully saturated rings. The van der Waals surface area contributed by atoms with E-state index in [0.29, 0.717) is 18.8 Å². The highest BCUT2D eigenvalue weighted by Crippen LogP contribution is 2.20. The lowest BCUT2D eigenvalue weighted by molar-refractivity contribution is -0.384. The van der Waals surface area contributed by atoms with Gasteiger partial charge in [0, 0.05) is 13.0 Å². The van der Waals surface area contributed by atoms with Gasteiger partial charge in [0.25, 0.3) is 5.69 Å². The molecule has 2 aromatic rings. The van der Waals surface area contributed by atoms with Gasteiger partial charge in [-0.05, 0) is 12.1 Å². The number of hydrogen-bond acceptors (Lipinski definition) is 5. The van der Waals surface area contributed by atoms with Crippen molar-refractivity contribution in [1.82, 2.24) is 4.98 Å². The van der Waals surface area contributed by atoms with Crippen molar-refractivity contribution in [3.8, 4) is 0 Å². The smallest absolute Gasteiger partial charge is 0.276 e. The van der Waals surface area contributed by atoms with Gasteiger partial charge in [-0.2, -0.15) is 0 Å². The highest BCUT2D eigenvalue weighted by Gasteiger charge is 2.09. The monoisotopic (exact) mass is 267 g/mol. The van der Waals surface area contributed by atoms with Crippen LogP contribution in [-0.4, -0.2) is 16.5 Å². The van der Waals surface area contributed by atoms with Crippen LogP contribution in [0.5, 0.6) is 0 Å². The number of aromatic nitrogens is 1. The standard InChI is InChI=1S/C11H10ClN3O3/c12-10-6-8(15(16)17)7-11(14-10)13-4-3-9-2-1-5-18-9/h1-2,5-7H,3-4H2,(H,13,14). The minimum Gasteiger partial charge on any atom is -0.469 e. The first-order chi connectivity index (χ1) is 8.65. The maximum Gasteiger partial charge on any atom is 0.276 e. The molecule has 2 rings (SSSR count). The lowest BCUT2D eigenvalue weighted by Crippen LogP contribution is -2.06. The highest BCUT2D eigenvalue weighted by molar-refractivity contribution is 6.29. The molecule has 0 unspecified atom stereocenters. The average molecular weight is 268 g/mol. The Labute approximate surface area is 108 Å². The first kappa shape index (κ1) is 12.4. The lowest BCUT2D eigenvalue weighted by Gasteiger charge is -2.04. The summed E-state index contributed by atoms with van der Waals surface area (Å²) >= 11 is 5.70. The van der Waals surface area contributed by atoms with Gasteiger partial charge in [-0.15, -0.1) is 0 Å². The normalized spacial score (nSPS) is 10.3. The molecule has 18 heavy (non-hydrogen) atoms. The molecule has 0 saturated heterocycles. The first-order valence-electron chi connectivity index (χ1n) is 5.23. The summed E-state index contributed by atoms with van der Waals surface area (Å²) in [5.74, 6) is 1.21. The molecule has 0 aromatic carbocycles. The molecule has 2 aromatic heterocycles. The molecule has 0 bridgehead atoms. The predicted molar refractivity (Wildman–Crippen MR) is 66.8 cm³/mol. The maximum atomic E-state index is 10.6. The van der Waals surface area contributed by atoms with E-state index < -0.39 is 4.92 Å². The largest absolute Gasteiger partial charge is 0.469 e. The molecule has 2 heterocycles. The van der Waals surface area contributed by atoms with E-state index in [9.17, 15) is 10.1 Å². The summed E-state index contributed by atoms with van der Waals surface area (Å²) in [5, 5.41) is 13.7. The zero-order valence-corrected chi connectivity index (χ0v) is 10.1. The second kappa shape index (κ2) is 5.50. The fourth-order valence-electron chi connectivity index (χ4n) is 1.45. The quantitative estimate of drug-likeness (QED) is 0.512. The summed E-state index contributed by atoms with van der Waals surface area (Å²) in [4.78, 5) is 14.1. The minimum absolute atomic E-state index is 0.0875. The van der Waals surface area contributed by atoms with Crippen LogP contribution in [-0.2, 0) is 6.42 Å². The van der Waals surface area contributed by atoms with Gasteiger partial charge in [-0.1, -0.05) is 11.6 Å². The van der Waals surface area contributed by atoms with Gasteiger partial charge in [-0.3, -0.25) is 10.1 Å². The van der Waals surface area contributed by atoms with Gasteiger partial charge < -0.3 is 9.73 Å².